The summed E-state index contributed by atoms with van der Waals surface area (Å²) in [6.45, 7) is 6.86. The quantitative estimate of drug-likeness (QED) is 0.869. The fourth-order valence-electron chi connectivity index (χ4n) is 1.83. The molecule has 0 amide bonds. The number of hydrogen-bond acceptors (Lipinski definition) is 4. The third-order valence-corrected chi connectivity index (χ3v) is 4.56. The molecular weight excluding hydrogens is 290 g/mol. The van der Waals surface area contributed by atoms with Crippen LogP contribution in [0.1, 0.15) is 22.5 Å². The van der Waals surface area contributed by atoms with E-state index in [1.54, 1.807) is 0 Å². The van der Waals surface area contributed by atoms with Crippen LogP contribution in [-0.4, -0.2) is 17.0 Å². The molecule has 0 saturated carbocycles. The predicted molar refractivity (Wildman–Crippen MR) is 84.6 cm³/mol. The number of halogens is 1. The van der Waals surface area contributed by atoms with Crippen LogP contribution in [0.15, 0.2) is 28.3 Å². The molecule has 0 aliphatic carbocycles. The lowest BCUT2D eigenvalue weighted by Crippen LogP contribution is -2.04. The summed E-state index contributed by atoms with van der Waals surface area (Å²) in [5.41, 5.74) is 4.34. The summed E-state index contributed by atoms with van der Waals surface area (Å²) in [5, 5.41) is 4.59. The lowest BCUT2D eigenvalue weighted by atomic mass is 10.2. The third-order valence-electron chi connectivity index (χ3n) is 3.19. The van der Waals surface area contributed by atoms with Crippen molar-refractivity contribution in [3.8, 4) is 0 Å². The lowest BCUT2D eigenvalue weighted by Gasteiger charge is -2.09. The Hall–Kier alpha value is -1.10. The highest BCUT2D eigenvalue weighted by Crippen LogP contribution is 2.32. The van der Waals surface area contributed by atoms with Crippen LogP contribution in [0.25, 0.3) is 0 Å². The van der Waals surface area contributed by atoms with Crippen molar-refractivity contribution in [3.63, 3.8) is 0 Å². The first-order valence-electron chi connectivity index (χ1n) is 6.44. The molecule has 0 spiro atoms. The van der Waals surface area contributed by atoms with E-state index >= 15 is 0 Å². The van der Waals surface area contributed by atoms with E-state index in [-0.39, 0.29) is 0 Å². The van der Waals surface area contributed by atoms with Crippen molar-refractivity contribution < 1.29 is 0 Å². The Morgan fingerprint density at radius 3 is 2.35 bits per heavy atom. The van der Waals surface area contributed by atoms with Gasteiger partial charge in [0.2, 0.25) is 0 Å². The summed E-state index contributed by atoms with van der Waals surface area (Å²) in [4.78, 5) is 10.00. The molecule has 1 heterocycles. The highest BCUT2D eigenvalue weighted by molar-refractivity contribution is 7.99. The van der Waals surface area contributed by atoms with E-state index in [0.717, 1.165) is 38.6 Å². The first-order chi connectivity index (χ1) is 9.51. The second kappa shape index (κ2) is 6.57. The monoisotopic (exact) mass is 307 g/mol. The molecule has 20 heavy (non-hydrogen) atoms. The molecule has 5 heteroatoms. The molecule has 2 rings (SSSR count). The van der Waals surface area contributed by atoms with Gasteiger partial charge in [-0.3, -0.25) is 0 Å². The number of rotatable bonds is 4. The first-order valence-corrected chi connectivity index (χ1v) is 7.63. The Morgan fingerprint density at radius 2 is 1.80 bits per heavy atom. The molecule has 0 radical (unpaired) electrons. The van der Waals surface area contributed by atoms with E-state index in [9.17, 15) is 0 Å². The van der Waals surface area contributed by atoms with E-state index in [2.05, 4.69) is 21.4 Å². The zero-order chi connectivity index (χ0) is 14.7. The van der Waals surface area contributed by atoms with Gasteiger partial charge in [0.15, 0.2) is 5.16 Å². The second-order valence-electron chi connectivity index (χ2n) is 4.70. The van der Waals surface area contributed by atoms with Gasteiger partial charge in [-0.05, 0) is 62.8 Å². The Balaban J connectivity index is 2.26. The summed E-state index contributed by atoms with van der Waals surface area (Å²) >= 11 is 7.83. The van der Waals surface area contributed by atoms with Gasteiger partial charge < -0.3 is 5.32 Å². The highest BCUT2D eigenvalue weighted by atomic mass is 35.5. The fraction of sp³-hybridized carbons (Fsp3) is 0.333. The molecule has 2 aromatic rings. The number of aromatic nitrogens is 2. The van der Waals surface area contributed by atoms with Crippen LogP contribution in [0.5, 0.6) is 0 Å². The van der Waals surface area contributed by atoms with Crippen LogP contribution in [0.4, 0.5) is 0 Å². The van der Waals surface area contributed by atoms with Crippen molar-refractivity contribution in [2.45, 2.75) is 37.4 Å². The molecule has 0 unspecified atom stereocenters. The fourth-order valence-corrected chi connectivity index (χ4v) is 3.00. The van der Waals surface area contributed by atoms with Gasteiger partial charge in [0.1, 0.15) is 0 Å². The van der Waals surface area contributed by atoms with E-state index in [4.69, 9.17) is 11.6 Å². The molecular formula is C15H18ClN3S. The number of nitrogens with zero attached hydrogens (tertiary/aromatic N) is 2. The van der Waals surface area contributed by atoms with Crippen molar-refractivity contribution in [3.05, 3.63) is 45.7 Å². The van der Waals surface area contributed by atoms with Crippen LogP contribution < -0.4 is 5.32 Å². The summed E-state index contributed by atoms with van der Waals surface area (Å²) in [7, 11) is 1.92. The van der Waals surface area contributed by atoms with Gasteiger partial charge in [-0.15, -0.1) is 0 Å². The standard InChI is InChI=1S/C15H18ClN3S/c1-9-10(2)18-15(19-11(9)3)20-14-6-5-12(8-17-4)7-13(14)16/h5-7,17H,8H2,1-4H3. The predicted octanol–water partition coefficient (Wildman–Crippen LogP) is 3.93. The minimum Gasteiger partial charge on any atom is -0.316 e. The lowest BCUT2D eigenvalue weighted by molar-refractivity contribution is 0.817. The van der Waals surface area contributed by atoms with Gasteiger partial charge in [0, 0.05) is 22.8 Å². The van der Waals surface area contributed by atoms with E-state index in [1.807, 2.05) is 40.0 Å². The van der Waals surface area contributed by atoms with Crippen molar-refractivity contribution in [2.75, 3.05) is 7.05 Å². The van der Waals surface area contributed by atoms with Gasteiger partial charge in [-0.25, -0.2) is 9.97 Å². The average molecular weight is 308 g/mol. The van der Waals surface area contributed by atoms with Crippen LogP contribution in [0, 0.1) is 20.8 Å². The molecule has 1 aromatic carbocycles. The topological polar surface area (TPSA) is 37.8 Å². The van der Waals surface area contributed by atoms with E-state index in [1.165, 1.54) is 17.3 Å². The van der Waals surface area contributed by atoms with Gasteiger partial charge >= 0.3 is 0 Å². The molecule has 1 aromatic heterocycles. The normalized spacial score (nSPS) is 10.8. The van der Waals surface area contributed by atoms with Gasteiger partial charge in [-0.1, -0.05) is 17.7 Å². The van der Waals surface area contributed by atoms with Crippen LogP contribution in [0.3, 0.4) is 0 Å². The maximum absolute atomic E-state index is 6.32. The summed E-state index contributed by atoms with van der Waals surface area (Å²) in [5.74, 6) is 0. The molecule has 3 nitrogen and oxygen atoms in total. The first kappa shape index (κ1) is 15.3. The molecule has 0 saturated heterocycles. The van der Waals surface area contributed by atoms with Crippen molar-refractivity contribution in [1.29, 1.82) is 0 Å². The molecule has 0 atom stereocenters. The Kier molecular flexibility index (Phi) is 5.02. The zero-order valence-corrected chi connectivity index (χ0v) is 13.7. The van der Waals surface area contributed by atoms with Crippen molar-refractivity contribution >= 4 is 23.4 Å². The SMILES string of the molecule is CNCc1ccc(Sc2nc(C)c(C)c(C)n2)c(Cl)c1. The van der Waals surface area contributed by atoms with Crippen LogP contribution >= 0.6 is 23.4 Å². The number of aryl methyl sites for hydroxylation is 2. The third kappa shape index (κ3) is 3.51. The summed E-state index contributed by atoms with van der Waals surface area (Å²) < 4.78 is 0. The van der Waals surface area contributed by atoms with E-state index < -0.39 is 0 Å². The number of nitrogens with one attached hydrogen (secondary N) is 1. The molecule has 1 N–H and O–H groups in total. The molecule has 106 valence electrons. The van der Waals surface area contributed by atoms with Crippen LogP contribution in [0.2, 0.25) is 5.02 Å². The summed E-state index contributed by atoms with van der Waals surface area (Å²) in [6.07, 6.45) is 0. The Bertz CT molecular complexity index is 606. The largest absolute Gasteiger partial charge is 0.316 e. The smallest absolute Gasteiger partial charge is 0.192 e. The van der Waals surface area contributed by atoms with Gasteiger partial charge in [-0.2, -0.15) is 0 Å². The Labute approximate surface area is 129 Å². The highest BCUT2D eigenvalue weighted by Gasteiger charge is 2.09. The minimum absolute atomic E-state index is 0.738. The maximum atomic E-state index is 6.32. The van der Waals surface area contributed by atoms with Gasteiger partial charge in [0.25, 0.3) is 0 Å². The average Bonchev–Trinajstić information content (AvgIpc) is 2.39. The number of hydrogen-bond donors (Lipinski definition) is 1. The minimum atomic E-state index is 0.738. The maximum Gasteiger partial charge on any atom is 0.192 e. The van der Waals surface area contributed by atoms with Crippen molar-refractivity contribution in [1.82, 2.24) is 15.3 Å². The van der Waals surface area contributed by atoms with Crippen molar-refractivity contribution in [2.24, 2.45) is 0 Å². The molecule has 0 aliphatic heterocycles. The molecule has 0 fully saturated rings. The van der Waals surface area contributed by atoms with E-state index in [0.29, 0.717) is 0 Å². The molecule has 0 aliphatic rings. The van der Waals surface area contributed by atoms with Gasteiger partial charge in [0.05, 0.1) is 5.02 Å². The summed E-state index contributed by atoms with van der Waals surface area (Å²) in [6, 6.07) is 6.07. The second-order valence-corrected chi connectivity index (χ2v) is 6.12. The zero-order valence-electron chi connectivity index (χ0n) is 12.1. The molecule has 0 bridgehead atoms. The van der Waals surface area contributed by atoms with Crippen LogP contribution in [-0.2, 0) is 6.54 Å². The number of benzene rings is 1. The Morgan fingerprint density at radius 1 is 1.15 bits per heavy atom.